The van der Waals surface area contributed by atoms with E-state index in [9.17, 15) is 31.1 Å². The van der Waals surface area contributed by atoms with Crippen LogP contribution in [-0.4, -0.2) is 25.2 Å². The Hall–Kier alpha value is -1.57. The molecule has 1 rings (SSSR count). The van der Waals surface area contributed by atoms with Gasteiger partial charge in [-0.25, -0.2) is 13.2 Å². The lowest BCUT2D eigenvalue weighted by Crippen LogP contribution is -2.18. The van der Waals surface area contributed by atoms with Crippen LogP contribution in [0.2, 0.25) is 0 Å². The van der Waals surface area contributed by atoms with Crippen molar-refractivity contribution in [2.45, 2.75) is 12.6 Å². The van der Waals surface area contributed by atoms with E-state index in [4.69, 9.17) is 0 Å². The zero-order valence-electron chi connectivity index (χ0n) is 9.36. The number of carbonyl (C=O) groups excluding carboxylic acids is 1. The molecule has 0 heterocycles. The molecule has 0 aliphatic rings. The van der Waals surface area contributed by atoms with Gasteiger partial charge in [0.25, 0.3) is 0 Å². The van der Waals surface area contributed by atoms with Gasteiger partial charge in [0.05, 0.1) is 12.2 Å². The number of hydrogen-bond donors (Lipinski definition) is 0. The summed E-state index contributed by atoms with van der Waals surface area (Å²) in [4.78, 5) is 11.4. The second kappa shape index (κ2) is 6.05. The molecule has 0 amide bonds. The van der Waals surface area contributed by atoms with Crippen LogP contribution in [0, 0.1) is 17.5 Å². The van der Waals surface area contributed by atoms with Crippen LogP contribution in [0.1, 0.15) is 16.8 Å². The number of hydrogen-bond acceptors (Lipinski definition) is 2. The van der Waals surface area contributed by atoms with Crippen molar-refractivity contribution in [1.82, 2.24) is 0 Å². The van der Waals surface area contributed by atoms with Crippen molar-refractivity contribution in [2.24, 2.45) is 0 Å². The third-order valence-electron chi connectivity index (χ3n) is 2.02. The largest absolute Gasteiger partial charge is 0.411 e. The second-order valence-corrected chi connectivity index (χ2v) is 3.59. The molecule has 8 heteroatoms. The number of benzene rings is 1. The molecule has 1 aromatic carbocycles. The van der Waals surface area contributed by atoms with Gasteiger partial charge >= 0.3 is 6.18 Å². The molecule has 0 aliphatic carbocycles. The molecular formula is C11H8F6O2. The lowest BCUT2D eigenvalue weighted by atomic mass is 10.1. The Morgan fingerprint density at radius 2 is 1.63 bits per heavy atom. The van der Waals surface area contributed by atoms with Gasteiger partial charge in [-0.3, -0.25) is 4.79 Å². The van der Waals surface area contributed by atoms with Crippen molar-refractivity contribution in [2.75, 3.05) is 13.2 Å². The van der Waals surface area contributed by atoms with Gasteiger partial charge in [-0.2, -0.15) is 13.2 Å². The standard InChI is InChI=1S/C11H8F6O2/c12-6-3-7(13)10(8(14)4-6)9(18)1-2-19-5-11(15,16)17/h3-4H,1-2,5H2. The van der Waals surface area contributed by atoms with E-state index >= 15 is 0 Å². The Labute approximate surface area is 104 Å². The third kappa shape index (κ3) is 4.90. The first-order chi connectivity index (χ1) is 8.70. The van der Waals surface area contributed by atoms with Crippen LogP contribution in [0.15, 0.2) is 12.1 Å². The number of alkyl halides is 3. The molecule has 0 aliphatic heterocycles. The van der Waals surface area contributed by atoms with Crippen LogP contribution >= 0.6 is 0 Å². The average Bonchev–Trinajstić information content (AvgIpc) is 2.21. The van der Waals surface area contributed by atoms with Crippen molar-refractivity contribution in [3.8, 4) is 0 Å². The number of carbonyl (C=O) groups is 1. The summed E-state index contributed by atoms with van der Waals surface area (Å²) in [7, 11) is 0. The molecule has 106 valence electrons. The normalized spacial score (nSPS) is 11.7. The van der Waals surface area contributed by atoms with Crippen LogP contribution in [-0.2, 0) is 4.74 Å². The van der Waals surface area contributed by atoms with Crippen molar-refractivity contribution in [1.29, 1.82) is 0 Å². The minimum atomic E-state index is -4.55. The average molecular weight is 286 g/mol. The fraction of sp³-hybridized carbons (Fsp3) is 0.364. The molecule has 0 unspecified atom stereocenters. The van der Waals surface area contributed by atoms with Gasteiger partial charge in [-0.1, -0.05) is 0 Å². The lowest BCUT2D eigenvalue weighted by molar-refractivity contribution is -0.173. The molecular weight excluding hydrogens is 278 g/mol. The first-order valence-electron chi connectivity index (χ1n) is 5.03. The maximum atomic E-state index is 13.1. The maximum Gasteiger partial charge on any atom is 0.411 e. The second-order valence-electron chi connectivity index (χ2n) is 3.59. The molecule has 19 heavy (non-hydrogen) atoms. The first kappa shape index (κ1) is 15.5. The van der Waals surface area contributed by atoms with Crippen LogP contribution in [0.4, 0.5) is 26.3 Å². The quantitative estimate of drug-likeness (QED) is 0.472. The van der Waals surface area contributed by atoms with E-state index in [0.29, 0.717) is 12.1 Å². The monoisotopic (exact) mass is 286 g/mol. The van der Waals surface area contributed by atoms with Crippen molar-refractivity contribution in [3.63, 3.8) is 0 Å². The molecule has 0 bridgehead atoms. The summed E-state index contributed by atoms with van der Waals surface area (Å²) in [5, 5.41) is 0. The zero-order chi connectivity index (χ0) is 14.6. The Morgan fingerprint density at radius 3 is 2.11 bits per heavy atom. The minimum absolute atomic E-state index is 0.312. The number of ketones is 1. The van der Waals surface area contributed by atoms with Gasteiger partial charge in [0, 0.05) is 18.6 Å². The smallest absolute Gasteiger partial charge is 0.372 e. The summed E-state index contributed by atoms with van der Waals surface area (Å²) in [5.74, 6) is -5.10. The van der Waals surface area contributed by atoms with Gasteiger partial charge in [-0.15, -0.1) is 0 Å². The summed E-state index contributed by atoms with van der Waals surface area (Å²) in [6.45, 7) is -2.21. The Balaban J connectivity index is 2.60. The molecule has 2 nitrogen and oxygen atoms in total. The van der Waals surface area contributed by atoms with Crippen molar-refractivity contribution >= 4 is 5.78 Å². The Morgan fingerprint density at radius 1 is 1.11 bits per heavy atom. The molecule has 0 atom stereocenters. The van der Waals surface area contributed by atoms with Gasteiger partial charge in [0.15, 0.2) is 5.78 Å². The maximum absolute atomic E-state index is 13.1. The molecule has 1 aromatic rings. The summed E-state index contributed by atoms with van der Waals surface area (Å²) < 4.78 is 78.1. The van der Waals surface area contributed by atoms with Gasteiger partial charge in [-0.05, 0) is 0 Å². The van der Waals surface area contributed by atoms with E-state index in [1.807, 2.05) is 0 Å². The van der Waals surface area contributed by atoms with E-state index in [-0.39, 0.29) is 0 Å². The van der Waals surface area contributed by atoms with E-state index in [1.165, 1.54) is 0 Å². The molecule has 0 saturated carbocycles. The van der Waals surface area contributed by atoms with Gasteiger partial charge < -0.3 is 4.74 Å². The van der Waals surface area contributed by atoms with Crippen LogP contribution in [0.5, 0.6) is 0 Å². The number of halogens is 6. The van der Waals surface area contributed by atoms with Crippen LogP contribution < -0.4 is 0 Å². The highest BCUT2D eigenvalue weighted by Crippen LogP contribution is 2.17. The highest BCUT2D eigenvalue weighted by atomic mass is 19.4. The lowest BCUT2D eigenvalue weighted by Gasteiger charge is -2.08. The molecule has 0 aromatic heterocycles. The van der Waals surface area contributed by atoms with Crippen LogP contribution in [0.3, 0.4) is 0 Å². The summed E-state index contributed by atoms with van der Waals surface area (Å²) in [5.41, 5.74) is -0.989. The molecule has 0 N–H and O–H groups in total. The molecule has 0 spiro atoms. The van der Waals surface area contributed by atoms with E-state index in [0.717, 1.165) is 0 Å². The van der Waals surface area contributed by atoms with Crippen LogP contribution in [0.25, 0.3) is 0 Å². The molecule has 0 saturated heterocycles. The highest BCUT2D eigenvalue weighted by molar-refractivity contribution is 5.96. The number of Topliss-reactive ketones (excluding diaryl/α,β-unsaturated/α-hetero) is 1. The predicted molar refractivity (Wildman–Crippen MR) is 52.1 cm³/mol. The predicted octanol–water partition coefficient (Wildman–Crippen LogP) is 3.26. The van der Waals surface area contributed by atoms with E-state index < -0.39 is 54.6 Å². The topological polar surface area (TPSA) is 26.3 Å². The van der Waals surface area contributed by atoms with E-state index in [1.54, 1.807) is 0 Å². The van der Waals surface area contributed by atoms with E-state index in [2.05, 4.69) is 4.74 Å². The summed E-state index contributed by atoms with van der Waals surface area (Å²) in [6, 6.07) is 0.625. The summed E-state index contributed by atoms with van der Waals surface area (Å²) >= 11 is 0. The Kier molecular flexibility index (Phi) is 4.93. The SMILES string of the molecule is O=C(CCOCC(F)(F)F)c1c(F)cc(F)cc1F. The summed E-state index contributed by atoms with van der Waals surface area (Å²) in [6.07, 6.45) is -5.19. The first-order valence-corrected chi connectivity index (χ1v) is 5.03. The highest BCUT2D eigenvalue weighted by Gasteiger charge is 2.27. The van der Waals surface area contributed by atoms with Gasteiger partial charge in [0.2, 0.25) is 0 Å². The number of ether oxygens (including phenoxy) is 1. The third-order valence-corrected chi connectivity index (χ3v) is 2.02. The van der Waals surface area contributed by atoms with Gasteiger partial charge in [0.1, 0.15) is 24.1 Å². The zero-order valence-corrected chi connectivity index (χ0v) is 9.36. The fourth-order valence-corrected chi connectivity index (χ4v) is 1.29. The minimum Gasteiger partial charge on any atom is -0.372 e. The fourth-order valence-electron chi connectivity index (χ4n) is 1.29. The Bertz CT molecular complexity index is 446. The number of rotatable bonds is 5. The van der Waals surface area contributed by atoms with Crippen molar-refractivity contribution in [3.05, 3.63) is 35.1 Å². The van der Waals surface area contributed by atoms with Crippen molar-refractivity contribution < 1.29 is 35.9 Å². The molecule has 0 radical (unpaired) electrons. The molecule has 0 fully saturated rings.